The van der Waals surface area contributed by atoms with Gasteiger partial charge in [0.05, 0.1) is 17.0 Å². The zero-order valence-electron chi connectivity index (χ0n) is 16.2. The van der Waals surface area contributed by atoms with Gasteiger partial charge in [0.15, 0.2) is 0 Å². The molecule has 0 saturated heterocycles. The van der Waals surface area contributed by atoms with E-state index < -0.39 is 11.9 Å². The summed E-state index contributed by atoms with van der Waals surface area (Å²) in [5, 5.41) is 16.2. The zero-order valence-corrected chi connectivity index (χ0v) is 17.0. The van der Waals surface area contributed by atoms with Crippen molar-refractivity contribution in [3.63, 3.8) is 0 Å². The van der Waals surface area contributed by atoms with Gasteiger partial charge in [-0.15, -0.1) is 11.8 Å². The fourth-order valence-electron chi connectivity index (χ4n) is 2.88. The second-order valence-electron chi connectivity index (χ2n) is 6.79. The fourth-order valence-corrected chi connectivity index (χ4v) is 4.18. The average molecular weight is 403 g/mol. The van der Waals surface area contributed by atoms with Crippen molar-refractivity contribution in [2.45, 2.75) is 29.2 Å². The molecule has 2 aliphatic rings. The summed E-state index contributed by atoms with van der Waals surface area (Å²) >= 11 is 1.99. The van der Waals surface area contributed by atoms with Gasteiger partial charge < -0.3 is 20.0 Å². The molecule has 1 aromatic rings. The van der Waals surface area contributed by atoms with Crippen molar-refractivity contribution in [1.29, 1.82) is 0 Å². The normalized spacial score (nSPS) is 20.9. The molecule has 1 aliphatic carbocycles. The maximum atomic E-state index is 9.55. The number of likely N-dealkylation sites (N-methyl/N-ethyl adjacent to an activating group) is 1. The third-order valence-corrected chi connectivity index (χ3v) is 5.87. The molecule has 0 aromatic heterocycles. The lowest BCUT2D eigenvalue weighted by molar-refractivity contribution is -0.134. The van der Waals surface area contributed by atoms with Crippen LogP contribution in [0.3, 0.4) is 0 Å². The highest BCUT2D eigenvalue weighted by atomic mass is 32.2. The molecule has 2 N–H and O–H groups in total. The Hall–Kier alpha value is -2.51. The number of anilines is 1. The summed E-state index contributed by atoms with van der Waals surface area (Å²) < 4.78 is 0. The number of para-hydroxylation sites is 1. The predicted molar refractivity (Wildman–Crippen MR) is 113 cm³/mol. The number of fused-ring (bicyclic) bond motifs is 2. The number of carboxylic acid groups (broad SMARTS) is 2. The van der Waals surface area contributed by atoms with E-state index in [1.165, 1.54) is 10.6 Å². The zero-order chi connectivity index (χ0) is 20.7. The van der Waals surface area contributed by atoms with Crippen LogP contribution in [0.2, 0.25) is 0 Å². The number of thioether (sulfide) groups is 1. The largest absolute Gasteiger partial charge is 0.478 e. The molecule has 3 rings (SSSR count). The van der Waals surface area contributed by atoms with E-state index in [0.717, 1.165) is 6.54 Å². The molecule has 1 aromatic carbocycles. The van der Waals surface area contributed by atoms with Crippen LogP contribution in [0.1, 0.15) is 6.92 Å². The molecule has 0 saturated carbocycles. The summed E-state index contributed by atoms with van der Waals surface area (Å²) in [6.07, 6.45) is 10.2. The van der Waals surface area contributed by atoms with Gasteiger partial charge in [0.1, 0.15) is 0 Å². The summed E-state index contributed by atoms with van der Waals surface area (Å²) in [7, 11) is 4.31. The topological polar surface area (TPSA) is 81.1 Å². The van der Waals surface area contributed by atoms with Crippen LogP contribution in [-0.2, 0) is 9.59 Å². The van der Waals surface area contributed by atoms with Crippen LogP contribution in [-0.4, -0.2) is 65.0 Å². The molecule has 28 heavy (non-hydrogen) atoms. The van der Waals surface area contributed by atoms with Gasteiger partial charge in [0.2, 0.25) is 0 Å². The molecular weight excluding hydrogens is 376 g/mol. The maximum Gasteiger partial charge on any atom is 0.328 e. The lowest BCUT2D eigenvalue weighted by Gasteiger charge is -2.43. The molecule has 1 aliphatic heterocycles. The molecule has 7 heteroatoms. The molecule has 150 valence electrons. The highest BCUT2D eigenvalue weighted by molar-refractivity contribution is 8.00. The Kier molecular flexibility index (Phi) is 7.90. The van der Waals surface area contributed by atoms with Crippen LogP contribution in [0.25, 0.3) is 0 Å². The first-order valence-electron chi connectivity index (χ1n) is 8.97. The Balaban J connectivity index is 0.000000300. The lowest BCUT2D eigenvalue weighted by Crippen LogP contribution is -2.49. The smallest absolute Gasteiger partial charge is 0.328 e. The number of nitrogens with zero attached hydrogens (tertiary/aromatic N) is 2. The molecular formula is C21H26N2O4S. The Bertz CT molecular complexity index is 772. The highest BCUT2D eigenvalue weighted by Crippen LogP contribution is 2.43. The van der Waals surface area contributed by atoms with Crippen LogP contribution in [0.4, 0.5) is 5.69 Å². The van der Waals surface area contributed by atoms with Crippen molar-refractivity contribution in [3.05, 3.63) is 60.7 Å². The Morgan fingerprint density at radius 2 is 1.75 bits per heavy atom. The van der Waals surface area contributed by atoms with E-state index in [0.29, 0.717) is 29.5 Å². The Labute approximate surface area is 169 Å². The number of rotatable bonds is 5. The first-order chi connectivity index (χ1) is 13.3. The number of carbonyl (C=O) groups is 2. The molecule has 3 atom stereocenters. The molecule has 3 unspecified atom stereocenters. The van der Waals surface area contributed by atoms with Gasteiger partial charge in [-0.2, -0.15) is 0 Å². The van der Waals surface area contributed by atoms with Crippen LogP contribution >= 0.6 is 11.8 Å². The highest BCUT2D eigenvalue weighted by Gasteiger charge is 2.33. The van der Waals surface area contributed by atoms with Gasteiger partial charge in [-0.1, -0.05) is 36.4 Å². The van der Waals surface area contributed by atoms with Crippen molar-refractivity contribution in [3.8, 4) is 0 Å². The number of allylic oxidation sites excluding steroid dienone is 2. The second-order valence-corrected chi connectivity index (χ2v) is 8.01. The summed E-state index contributed by atoms with van der Waals surface area (Å²) in [5.74, 6) is -2.51. The summed E-state index contributed by atoms with van der Waals surface area (Å²) in [6.45, 7) is 3.35. The lowest BCUT2D eigenvalue weighted by atomic mass is 10.0. The van der Waals surface area contributed by atoms with E-state index in [2.05, 4.69) is 79.4 Å². The van der Waals surface area contributed by atoms with Gasteiger partial charge in [-0.05, 0) is 33.2 Å². The van der Waals surface area contributed by atoms with E-state index >= 15 is 0 Å². The number of hydrogen-bond donors (Lipinski definition) is 2. The maximum absolute atomic E-state index is 9.55. The minimum atomic E-state index is -1.26. The second kappa shape index (κ2) is 10.1. The molecule has 6 nitrogen and oxygen atoms in total. The van der Waals surface area contributed by atoms with Crippen molar-refractivity contribution >= 4 is 29.4 Å². The number of aliphatic carboxylic acids is 2. The first-order valence-corrected chi connectivity index (χ1v) is 9.85. The van der Waals surface area contributed by atoms with E-state index in [1.807, 2.05) is 11.8 Å². The van der Waals surface area contributed by atoms with Crippen molar-refractivity contribution in [2.24, 2.45) is 0 Å². The van der Waals surface area contributed by atoms with E-state index in [4.69, 9.17) is 10.2 Å². The quantitative estimate of drug-likeness (QED) is 0.733. The minimum absolute atomic E-state index is 0.474. The standard InChI is InChI=1S/C17H22N2S.C4H4O4/c1-13(18(2)3)12-19-14-8-4-6-10-16(14)20-17-11-7-5-9-15(17)19;5-3(6)1-2-4(7)8/h4-11,13-14,16H,12H2,1-3H3;1-2H,(H,5,6)(H,7,8). The number of benzene rings is 1. The van der Waals surface area contributed by atoms with Gasteiger partial charge in [0, 0.05) is 29.6 Å². The Morgan fingerprint density at radius 1 is 1.14 bits per heavy atom. The number of carboxylic acids is 2. The monoisotopic (exact) mass is 402 g/mol. The van der Waals surface area contributed by atoms with E-state index in [9.17, 15) is 9.59 Å². The predicted octanol–water partition coefficient (Wildman–Crippen LogP) is 3.12. The SMILES string of the molecule is CC(CN1c2ccccc2SC2C=CC=CC21)N(C)C.O=C(O)C=CC(=O)O. The fraction of sp³-hybridized carbons (Fsp3) is 0.333. The summed E-state index contributed by atoms with van der Waals surface area (Å²) in [6, 6.07) is 9.80. The van der Waals surface area contributed by atoms with Gasteiger partial charge in [-0.25, -0.2) is 9.59 Å². The molecule has 0 bridgehead atoms. The molecule has 0 fully saturated rings. The van der Waals surface area contributed by atoms with Gasteiger partial charge in [-0.3, -0.25) is 0 Å². The third kappa shape index (κ3) is 6.00. The van der Waals surface area contributed by atoms with Crippen LogP contribution in [0, 0.1) is 0 Å². The van der Waals surface area contributed by atoms with E-state index in [1.54, 1.807) is 0 Å². The average Bonchev–Trinajstić information content (AvgIpc) is 2.66. The molecule has 0 amide bonds. The number of hydrogen-bond acceptors (Lipinski definition) is 5. The van der Waals surface area contributed by atoms with Gasteiger partial charge >= 0.3 is 11.9 Å². The van der Waals surface area contributed by atoms with Crippen molar-refractivity contribution in [2.75, 3.05) is 25.5 Å². The summed E-state index contributed by atoms with van der Waals surface area (Å²) in [5.41, 5.74) is 1.38. The summed E-state index contributed by atoms with van der Waals surface area (Å²) in [4.78, 5) is 25.4. The van der Waals surface area contributed by atoms with Gasteiger partial charge in [0.25, 0.3) is 0 Å². The third-order valence-electron chi connectivity index (χ3n) is 4.57. The van der Waals surface area contributed by atoms with Crippen molar-refractivity contribution < 1.29 is 19.8 Å². The van der Waals surface area contributed by atoms with Crippen LogP contribution in [0.5, 0.6) is 0 Å². The molecule has 0 spiro atoms. The van der Waals surface area contributed by atoms with E-state index in [-0.39, 0.29) is 0 Å². The first kappa shape index (κ1) is 21.8. The van der Waals surface area contributed by atoms with Crippen LogP contribution < -0.4 is 4.90 Å². The van der Waals surface area contributed by atoms with Crippen molar-refractivity contribution in [1.82, 2.24) is 4.90 Å². The minimum Gasteiger partial charge on any atom is -0.478 e. The molecule has 0 radical (unpaired) electrons. The molecule has 1 heterocycles. The Morgan fingerprint density at radius 3 is 2.36 bits per heavy atom. The van der Waals surface area contributed by atoms with Crippen LogP contribution in [0.15, 0.2) is 65.6 Å².